The average Bonchev–Trinajstić information content (AvgIpc) is 3.03. The highest BCUT2D eigenvalue weighted by Gasteiger charge is 2.35. The van der Waals surface area contributed by atoms with Crippen LogP contribution in [0.25, 0.3) is 0 Å². The molecule has 4 rings (SSSR count). The minimum absolute atomic E-state index is 0.00967. The number of sulfonamides is 1. The number of nitrogens with one attached hydrogen (secondary N) is 1. The Morgan fingerprint density at radius 3 is 1.93 bits per heavy atom. The van der Waals surface area contributed by atoms with E-state index in [-0.39, 0.29) is 35.7 Å². The fraction of sp³-hybridized carbons (Fsp3) is 0.278. The minimum Gasteiger partial charge on any atom is -0.352 e. The first-order valence-electron chi connectivity index (χ1n) is 15.1. The molecule has 4 aromatic rings. The van der Waals surface area contributed by atoms with Crippen LogP contribution in [0, 0.1) is 0 Å². The summed E-state index contributed by atoms with van der Waals surface area (Å²) in [6.07, 6.45) is 0.209. The zero-order valence-electron chi connectivity index (χ0n) is 26.4. The second-order valence-electron chi connectivity index (χ2n) is 11.7. The predicted molar refractivity (Wildman–Crippen MR) is 186 cm³/mol. The van der Waals surface area contributed by atoms with Gasteiger partial charge in [0.2, 0.25) is 11.8 Å². The zero-order valence-corrected chi connectivity index (χ0v) is 28.7. The number of nitrogens with zero attached hydrogens (tertiary/aromatic N) is 2. The van der Waals surface area contributed by atoms with Crippen LogP contribution in [0.15, 0.2) is 108 Å². The van der Waals surface area contributed by atoms with Crippen LogP contribution in [0.5, 0.6) is 0 Å². The molecule has 10 heteroatoms. The van der Waals surface area contributed by atoms with Gasteiger partial charge < -0.3 is 10.2 Å². The standard InChI is InChI=1S/C36H39Cl2N3O4S/c1-25(2)29-16-18-30(19-17-29)41(46(44,45)31-13-9-6-10-14-31)24-35(42)40(23-28-15-20-32(37)33(38)21-28)34(36(43)39-26(3)4)22-27-11-7-5-8-12-27/h5-21,25-26,34H,22-24H2,1-4H3,(H,39,43). The monoisotopic (exact) mass is 679 g/mol. The number of halogens is 2. The van der Waals surface area contributed by atoms with Crippen molar-refractivity contribution >= 4 is 50.7 Å². The van der Waals surface area contributed by atoms with Gasteiger partial charge in [0.1, 0.15) is 12.6 Å². The van der Waals surface area contributed by atoms with E-state index >= 15 is 0 Å². The number of carbonyl (C=O) groups is 2. The summed E-state index contributed by atoms with van der Waals surface area (Å²) in [5.41, 5.74) is 2.84. The summed E-state index contributed by atoms with van der Waals surface area (Å²) in [6.45, 7) is 7.24. The second kappa shape index (κ2) is 15.6. The Hall–Kier alpha value is -3.85. The molecule has 0 fully saturated rings. The van der Waals surface area contributed by atoms with Crippen LogP contribution in [0.4, 0.5) is 5.69 Å². The number of anilines is 1. The van der Waals surface area contributed by atoms with Crippen LogP contribution in [-0.2, 0) is 32.6 Å². The van der Waals surface area contributed by atoms with Crippen molar-refractivity contribution in [3.05, 3.63) is 130 Å². The second-order valence-corrected chi connectivity index (χ2v) is 14.4. The molecule has 0 saturated heterocycles. The van der Waals surface area contributed by atoms with E-state index in [1.807, 2.05) is 70.2 Å². The van der Waals surface area contributed by atoms with Crippen LogP contribution >= 0.6 is 23.2 Å². The van der Waals surface area contributed by atoms with E-state index < -0.39 is 28.5 Å². The van der Waals surface area contributed by atoms with Crippen molar-refractivity contribution in [1.29, 1.82) is 0 Å². The van der Waals surface area contributed by atoms with Crippen molar-refractivity contribution in [2.45, 2.75) is 63.6 Å². The van der Waals surface area contributed by atoms with Gasteiger partial charge in [0.25, 0.3) is 10.0 Å². The smallest absolute Gasteiger partial charge is 0.264 e. The normalized spacial score (nSPS) is 12.2. The Balaban J connectivity index is 1.82. The molecular formula is C36H39Cl2N3O4S. The lowest BCUT2D eigenvalue weighted by Crippen LogP contribution is -2.54. The van der Waals surface area contributed by atoms with E-state index in [1.165, 1.54) is 17.0 Å². The Morgan fingerprint density at radius 1 is 0.761 bits per heavy atom. The van der Waals surface area contributed by atoms with Gasteiger partial charge in [0, 0.05) is 19.0 Å². The molecule has 0 saturated carbocycles. The largest absolute Gasteiger partial charge is 0.352 e. The lowest BCUT2D eigenvalue weighted by molar-refractivity contribution is -0.140. The number of benzene rings is 4. The lowest BCUT2D eigenvalue weighted by Gasteiger charge is -2.34. The molecule has 7 nitrogen and oxygen atoms in total. The fourth-order valence-corrected chi connectivity index (χ4v) is 6.80. The molecule has 0 aliphatic rings. The lowest BCUT2D eigenvalue weighted by atomic mass is 10.0. The van der Waals surface area contributed by atoms with Crippen molar-refractivity contribution in [3.8, 4) is 0 Å². The molecule has 1 N–H and O–H groups in total. The van der Waals surface area contributed by atoms with Crippen molar-refractivity contribution in [2.24, 2.45) is 0 Å². The minimum atomic E-state index is -4.18. The molecule has 46 heavy (non-hydrogen) atoms. The SMILES string of the molecule is CC(C)NC(=O)C(Cc1ccccc1)N(Cc1ccc(Cl)c(Cl)c1)C(=O)CN(c1ccc(C(C)C)cc1)S(=O)(=O)c1ccccc1. The van der Waals surface area contributed by atoms with Crippen molar-refractivity contribution in [2.75, 3.05) is 10.8 Å². The summed E-state index contributed by atoms with van der Waals surface area (Å²) in [6, 6.07) is 28.4. The molecule has 242 valence electrons. The van der Waals surface area contributed by atoms with E-state index in [9.17, 15) is 18.0 Å². The van der Waals surface area contributed by atoms with Crippen LogP contribution in [0.3, 0.4) is 0 Å². The zero-order chi connectivity index (χ0) is 33.4. The number of rotatable bonds is 13. The molecule has 0 radical (unpaired) electrons. The van der Waals surface area contributed by atoms with Crippen LogP contribution in [0.2, 0.25) is 10.0 Å². The highest BCUT2D eigenvalue weighted by Crippen LogP contribution is 2.28. The number of carbonyl (C=O) groups excluding carboxylic acids is 2. The van der Waals surface area contributed by atoms with Gasteiger partial charge in [0.15, 0.2) is 0 Å². The summed E-state index contributed by atoms with van der Waals surface area (Å²) in [5, 5.41) is 3.61. The third-order valence-electron chi connectivity index (χ3n) is 7.50. The molecule has 0 spiro atoms. The summed E-state index contributed by atoms with van der Waals surface area (Å²) in [7, 11) is -4.18. The Kier molecular flexibility index (Phi) is 11.9. The molecule has 0 heterocycles. The molecule has 1 unspecified atom stereocenters. The van der Waals surface area contributed by atoms with E-state index in [0.29, 0.717) is 21.3 Å². The third-order valence-corrected chi connectivity index (χ3v) is 10.0. The quantitative estimate of drug-likeness (QED) is 0.159. The van der Waals surface area contributed by atoms with E-state index in [2.05, 4.69) is 5.32 Å². The first kappa shape index (κ1) is 35.0. The number of hydrogen-bond acceptors (Lipinski definition) is 4. The molecular weight excluding hydrogens is 641 g/mol. The molecule has 1 atom stereocenters. The van der Waals surface area contributed by atoms with E-state index in [0.717, 1.165) is 15.4 Å². The third kappa shape index (κ3) is 8.90. The number of amides is 2. The van der Waals surface area contributed by atoms with Gasteiger partial charge in [-0.1, -0.05) is 104 Å². The molecule has 0 aromatic heterocycles. The predicted octanol–water partition coefficient (Wildman–Crippen LogP) is 7.48. The van der Waals surface area contributed by atoms with Gasteiger partial charge in [0.05, 0.1) is 20.6 Å². The summed E-state index contributed by atoms with van der Waals surface area (Å²) in [5.74, 6) is -0.681. The molecule has 2 amide bonds. The average molecular weight is 681 g/mol. The summed E-state index contributed by atoms with van der Waals surface area (Å²) in [4.78, 5) is 29.8. The van der Waals surface area contributed by atoms with Crippen LogP contribution in [-0.4, -0.2) is 43.8 Å². The first-order chi connectivity index (χ1) is 21.9. The van der Waals surface area contributed by atoms with Crippen LogP contribution in [0.1, 0.15) is 50.3 Å². The molecule has 0 aliphatic heterocycles. The van der Waals surface area contributed by atoms with Crippen molar-refractivity contribution < 1.29 is 18.0 Å². The van der Waals surface area contributed by atoms with Gasteiger partial charge in [-0.2, -0.15) is 0 Å². The van der Waals surface area contributed by atoms with Gasteiger partial charge in [-0.25, -0.2) is 8.42 Å². The Bertz CT molecular complexity index is 1730. The van der Waals surface area contributed by atoms with Gasteiger partial charge in [-0.3, -0.25) is 13.9 Å². The van der Waals surface area contributed by atoms with Gasteiger partial charge in [-0.15, -0.1) is 0 Å². The van der Waals surface area contributed by atoms with Gasteiger partial charge >= 0.3 is 0 Å². The van der Waals surface area contributed by atoms with E-state index in [4.69, 9.17) is 23.2 Å². The van der Waals surface area contributed by atoms with Crippen molar-refractivity contribution in [3.63, 3.8) is 0 Å². The Labute approximate surface area is 282 Å². The molecule has 4 aromatic carbocycles. The fourth-order valence-electron chi connectivity index (χ4n) is 5.04. The first-order valence-corrected chi connectivity index (χ1v) is 17.3. The molecule has 0 aliphatic carbocycles. The maximum atomic E-state index is 14.5. The van der Waals surface area contributed by atoms with Crippen molar-refractivity contribution in [1.82, 2.24) is 10.2 Å². The van der Waals surface area contributed by atoms with Crippen LogP contribution < -0.4 is 9.62 Å². The maximum absolute atomic E-state index is 14.5. The summed E-state index contributed by atoms with van der Waals surface area (Å²) >= 11 is 12.5. The topological polar surface area (TPSA) is 86.8 Å². The highest BCUT2D eigenvalue weighted by atomic mass is 35.5. The summed E-state index contributed by atoms with van der Waals surface area (Å²) < 4.78 is 29.4. The van der Waals surface area contributed by atoms with Gasteiger partial charge in [-0.05, 0) is 72.9 Å². The maximum Gasteiger partial charge on any atom is 0.264 e. The number of hydrogen-bond donors (Lipinski definition) is 1. The van der Waals surface area contributed by atoms with E-state index in [1.54, 1.807) is 48.5 Å². The highest BCUT2D eigenvalue weighted by molar-refractivity contribution is 7.92. The molecule has 0 bridgehead atoms. The Morgan fingerprint density at radius 2 is 1.37 bits per heavy atom.